The molecule has 0 saturated heterocycles. The molecule has 0 bridgehead atoms. The van der Waals surface area contributed by atoms with Crippen molar-refractivity contribution in [3.8, 4) is 17.4 Å². The fraction of sp³-hybridized carbons (Fsp3) is 0.429. The average molecular weight is 568 g/mol. The van der Waals surface area contributed by atoms with Crippen LogP contribution in [0.15, 0.2) is 41.5 Å². The number of ether oxygens (including phenoxy) is 3. The first-order valence-corrected chi connectivity index (χ1v) is 9.53. The van der Waals surface area contributed by atoms with Crippen molar-refractivity contribution in [1.29, 1.82) is 0 Å². The summed E-state index contributed by atoms with van der Waals surface area (Å²) in [6, 6.07) is 8.86. The van der Waals surface area contributed by atoms with Crippen molar-refractivity contribution in [3.05, 3.63) is 47.7 Å². The molecule has 0 unspecified atom stereocenters. The highest BCUT2D eigenvalue weighted by molar-refractivity contribution is 14.0. The normalized spacial score (nSPS) is 11.4. The highest BCUT2D eigenvalue weighted by Crippen LogP contribution is 2.27. The molecule has 0 saturated carbocycles. The lowest BCUT2D eigenvalue weighted by Gasteiger charge is -2.22. The average Bonchev–Trinajstić information content (AvgIpc) is 2.76. The Balaban J connectivity index is 0.00000512. The summed E-state index contributed by atoms with van der Waals surface area (Å²) in [7, 11) is 6.80. The summed E-state index contributed by atoms with van der Waals surface area (Å²) in [5, 5.41) is 3.21. The van der Waals surface area contributed by atoms with Gasteiger partial charge in [-0.3, -0.25) is 4.99 Å². The third-order valence-electron chi connectivity index (χ3n) is 4.39. The zero-order valence-corrected chi connectivity index (χ0v) is 20.7. The van der Waals surface area contributed by atoms with Crippen molar-refractivity contribution < 1.29 is 27.4 Å². The summed E-state index contributed by atoms with van der Waals surface area (Å²) in [4.78, 5) is 10.1. The van der Waals surface area contributed by atoms with E-state index in [1.54, 1.807) is 27.3 Å². The summed E-state index contributed by atoms with van der Waals surface area (Å²) in [6.07, 6.45) is -2.16. The van der Waals surface area contributed by atoms with Gasteiger partial charge in [0.1, 0.15) is 0 Å². The van der Waals surface area contributed by atoms with E-state index in [9.17, 15) is 13.2 Å². The SMILES string of the molecule is CN=C(NCc1ccc(OCC(F)(F)F)nc1)N(C)CCc1ccc(OC)c(OC)c1.I. The standard InChI is InChI=1S/C21H27F3N4O3.HI/c1-25-20(27-13-16-6-8-19(26-12-16)31-14-21(22,23)24)28(2)10-9-15-5-7-17(29-3)18(11-15)30-4;/h5-8,11-12H,9-10,13-14H2,1-4H3,(H,25,27);1H. The zero-order chi connectivity index (χ0) is 22.9. The van der Waals surface area contributed by atoms with E-state index in [1.165, 1.54) is 12.3 Å². The molecule has 0 aliphatic heterocycles. The van der Waals surface area contributed by atoms with Crippen LogP contribution in [0.4, 0.5) is 13.2 Å². The maximum absolute atomic E-state index is 12.2. The Bertz CT molecular complexity index is 864. The number of guanidine groups is 1. The Hall–Kier alpha value is -2.44. The minimum absolute atomic E-state index is 0. The lowest BCUT2D eigenvalue weighted by Crippen LogP contribution is -2.39. The van der Waals surface area contributed by atoms with Crippen molar-refractivity contribution in [2.75, 3.05) is 41.5 Å². The second kappa shape index (κ2) is 13.2. The van der Waals surface area contributed by atoms with Gasteiger partial charge in [-0.1, -0.05) is 12.1 Å². The number of benzene rings is 1. The molecule has 1 aromatic heterocycles. The predicted molar refractivity (Wildman–Crippen MR) is 127 cm³/mol. The molecule has 11 heteroatoms. The second-order valence-electron chi connectivity index (χ2n) is 6.67. The van der Waals surface area contributed by atoms with E-state index in [1.807, 2.05) is 30.1 Å². The molecule has 1 aromatic carbocycles. The maximum atomic E-state index is 12.2. The highest BCUT2D eigenvalue weighted by atomic mass is 127. The van der Waals surface area contributed by atoms with Crippen molar-refractivity contribution >= 4 is 29.9 Å². The van der Waals surface area contributed by atoms with Crippen LogP contribution in [-0.4, -0.2) is 63.5 Å². The van der Waals surface area contributed by atoms with Crippen LogP contribution in [0.5, 0.6) is 17.4 Å². The minimum Gasteiger partial charge on any atom is -0.493 e. The van der Waals surface area contributed by atoms with Gasteiger partial charge in [0.25, 0.3) is 0 Å². The van der Waals surface area contributed by atoms with Crippen LogP contribution in [0.1, 0.15) is 11.1 Å². The highest BCUT2D eigenvalue weighted by Gasteiger charge is 2.28. The smallest absolute Gasteiger partial charge is 0.422 e. The third-order valence-corrected chi connectivity index (χ3v) is 4.39. The summed E-state index contributed by atoms with van der Waals surface area (Å²) < 4.78 is 51.8. The number of aromatic nitrogens is 1. The van der Waals surface area contributed by atoms with Crippen LogP contribution < -0.4 is 19.5 Å². The first-order chi connectivity index (χ1) is 14.8. The van der Waals surface area contributed by atoms with Crippen LogP contribution >= 0.6 is 24.0 Å². The Morgan fingerprint density at radius 3 is 2.34 bits per heavy atom. The van der Waals surface area contributed by atoms with Gasteiger partial charge >= 0.3 is 6.18 Å². The number of rotatable bonds is 9. The maximum Gasteiger partial charge on any atom is 0.422 e. The summed E-state index contributed by atoms with van der Waals surface area (Å²) in [5.74, 6) is 1.97. The molecule has 0 aliphatic rings. The van der Waals surface area contributed by atoms with Gasteiger partial charge in [-0.15, -0.1) is 24.0 Å². The van der Waals surface area contributed by atoms with Gasteiger partial charge in [-0.2, -0.15) is 13.2 Å². The van der Waals surface area contributed by atoms with Crippen LogP contribution in [0.3, 0.4) is 0 Å². The number of halogens is 4. The van der Waals surface area contributed by atoms with Crippen LogP contribution in [0.2, 0.25) is 0 Å². The first kappa shape index (κ1) is 27.6. The number of hydrogen-bond acceptors (Lipinski definition) is 5. The molecule has 0 atom stereocenters. The Morgan fingerprint density at radius 2 is 1.78 bits per heavy atom. The quantitative estimate of drug-likeness (QED) is 0.281. The van der Waals surface area contributed by atoms with E-state index in [4.69, 9.17) is 9.47 Å². The molecule has 0 fully saturated rings. The van der Waals surface area contributed by atoms with Crippen molar-refractivity contribution in [1.82, 2.24) is 15.2 Å². The molecule has 1 heterocycles. The van der Waals surface area contributed by atoms with Gasteiger partial charge in [-0.05, 0) is 29.7 Å². The summed E-state index contributed by atoms with van der Waals surface area (Å²) in [5.41, 5.74) is 1.88. The Morgan fingerprint density at radius 1 is 1.09 bits per heavy atom. The molecule has 1 N–H and O–H groups in total. The first-order valence-electron chi connectivity index (χ1n) is 9.53. The van der Waals surface area contributed by atoms with E-state index in [0.717, 1.165) is 17.5 Å². The molecule has 0 amide bonds. The fourth-order valence-corrected chi connectivity index (χ4v) is 2.76. The molecular weight excluding hydrogens is 540 g/mol. The number of methoxy groups -OCH3 is 2. The molecule has 0 aliphatic carbocycles. The number of likely N-dealkylation sites (N-methyl/N-ethyl adjacent to an activating group) is 1. The van der Waals surface area contributed by atoms with Crippen molar-refractivity contribution in [2.45, 2.75) is 19.1 Å². The van der Waals surface area contributed by atoms with E-state index < -0.39 is 12.8 Å². The van der Waals surface area contributed by atoms with Gasteiger partial charge in [0.15, 0.2) is 24.1 Å². The lowest BCUT2D eigenvalue weighted by molar-refractivity contribution is -0.154. The van der Waals surface area contributed by atoms with Crippen molar-refractivity contribution in [3.63, 3.8) is 0 Å². The Kier molecular flexibility index (Phi) is 11.4. The molecule has 2 rings (SSSR count). The second-order valence-corrected chi connectivity index (χ2v) is 6.67. The van der Waals surface area contributed by atoms with Gasteiger partial charge in [0.2, 0.25) is 5.88 Å². The van der Waals surface area contributed by atoms with E-state index >= 15 is 0 Å². The predicted octanol–water partition coefficient (Wildman–Crippen LogP) is 3.91. The largest absolute Gasteiger partial charge is 0.493 e. The topological polar surface area (TPSA) is 68.2 Å². The van der Waals surface area contributed by atoms with Crippen LogP contribution in [0, 0.1) is 0 Å². The van der Waals surface area contributed by atoms with E-state index in [-0.39, 0.29) is 29.9 Å². The molecule has 178 valence electrons. The zero-order valence-electron chi connectivity index (χ0n) is 18.4. The van der Waals surface area contributed by atoms with Gasteiger partial charge in [0, 0.05) is 39.4 Å². The summed E-state index contributed by atoms with van der Waals surface area (Å²) in [6.45, 7) is -0.243. The van der Waals surface area contributed by atoms with Gasteiger partial charge in [-0.25, -0.2) is 4.98 Å². The summed E-state index contributed by atoms with van der Waals surface area (Å²) >= 11 is 0. The lowest BCUT2D eigenvalue weighted by atomic mass is 10.1. The van der Waals surface area contributed by atoms with Crippen molar-refractivity contribution in [2.24, 2.45) is 4.99 Å². The van der Waals surface area contributed by atoms with E-state index in [2.05, 4.69) is 20.0 Å². The Labute approximate surface area is 203 Å². The van der Waals surface area contributed by atoms with Crippen LogP contribution in [0.25, 0.3) is 0 Å². The number of hydrogen-bond donors (Lipinski definition) is 1. The van der Waals surface area contributed by atoms with E-state index in [0.29, 0.717) is 30.5 Å². The fourth-order valence-electron chi connectivity index (χ4n) is 2.76. The number of nitrogens with one attached hydrogen (secondary N) is 1. The van der Waals surface area contributed by atoms with Gasteiger partial charge in [0.05, 0.1) is 14.2 Å². The number of aliphatic imine (C=N–C) groups is 1. The molecule has 0 radical (unpaired) electrons. The molecule has 2 aromatic rings. The van der Waals surface area contributed by atoms with Gasteiger partial charge < -0.3 is 24.4 Å². The van der Waals surface area contributed by atoms with Crippen LogP contribution in [-0.2, 0) is 13.0 Å². The number of alkyl halides is 3. The number of nitrogens with zero attached hydrogens (tertiary/aromatic N) is 3. The molecule has 7 nitrogen and oxygen atoms in total. The number of pyridine rings is 1. The monoisotopic (exact) mass is 568 g/mol. The molecular formula is C21H28F3IN4O3. The minimum atomic E-state index is -4.39. The molecule has 0 spiro atoms. The molecule has 32 heavy (non-hydrogen) atoms. The third kappa shape index (κ3) is 8.97.